The number of aromatic nitrogens is 4. The van der Waals surface area contributed by atoms with Crippen molar-refractivity contribution in [3.8, 4) is 0 Å². The van der Waals surface area contributed by atoms with Gasteiger partial charge in [0.2, 0.25) is 5.91 Å². The van der Waals surface area contributed by atoms with E-state index in [1.54, 1.807) is 6.20 Å². The quantitative estimate of drug-likeness (QED) is 0.865. The number of nitrogens with zero attached hydrogens (tertiary/aromatic N) is 5. The Morgan fingerprint density at radius 2 is 2.17 bits per heavy atom. The van der Waals surface area contributed by atoms with E-state index in [2.05, 4.69) is 15.1 Å². The van der Waals surface area contributed by atoms with Gasteiger partial charge in [0.15, 0.2) is 0 Å². The van der Waals surface area contributed by atoms with Gasteiger partial charge in [0.25, 0.3) is 0 Å². The molecule has 3 rings (SSSR count). The second-order valence-corrected chi connectivity index (χ2v) is 6.84. The fraction of sp³-hybridized carbons (Fsp3) is 0.611. The fourth-order valence-electron chi connectivity index (χ4n) is 3.89. The summed E-state index contributed by atoms with van der Waals surface area (Å²) in [6, 6.07) is 2.16. The Kier molecular flexibility index (Phi) is 4.73. The SMILES string of the molecule is Cc1nn(C)c(C)c1[C@H](C)C(=O)N1CCCC[C@H]1Cn1cccn1. The molecule has 1 aliphatic heterocycles. The summed E-state index contributed by atoms with van der Waals surface area (Å²) in [5.74, 6) is 0.0583. The van der Waals surface area contributed by atoms with Crippen LogP contribution in [-0.2, 0) is 18.4 Å². The number of hydrogen-bond acceptors (Lipinski definition) is 3. The van der Waals surface area contributed by atoms with E-state index in [4.69, 9.17) is 0 Å². The molecule has 130 valence electrons. The Bertz CT molecular complexity index is 703. The largest absolute Gasteiger partial charge is 0.337 e. The molecule has 0 aromatic carbocycles. The molecular weight excluding hydrogens is 302 g/mol. The molecule has 24 heavy (non-hydrogen) atoms. The average molecular weight is 329 g/mol. The van der Waals surface area contributed by atoms with Gasteiger partial charge in [0.05, 0.1) is 24.2 Å². The van der Waals surface area contributed by atoms with Crippen LogP contribution in [-0.4, -0.2) is 43.0 Å². The van der Waals surface area contributed by atoms with Crippen LogP contribution in [0, 0.1) is 13.8 Å². The highest BCUT2D eigenvalue weighted by Crippen LogP contribution is 2.28. The minimum absolute atomic E-state index is 0.156. The molecule has 6 heteroatoms. The van der Waals surface area contributed by atoms with Gasteiger partial charge in [-0.05, 0) is 46.1 Å². The van der Waals surface area contributed by atoms with Gasteiger partial charge in [0, 0.05) is 37.2 Å². The average Bonchev–Trinajstić information content (AvgIpc) is 3.15. The van der Waals surface area contributed by atoms with Crippen LogP contribution < -0.4 is 0 Å². The predicted octanol–water partition coefficient (Wildman–Crippen LogP) is 2.42. The Labute approximate surface area is 143 Å². The van der Waals surface area contributed by atoms with E-state index in [0.717, 1.165) is 42.9 Å². The van der Waals surface area contributed by atoms with Crippen molar-refractivity contribution >= 4 is 5.91 Å². The van der Waals surface area contributed by atoms with Gasteiger partial charge in [-0.15, -0.1) is 0 Å². The number of amides is 1. The molecule has 0 unspecified atom stereocenters. The third-order valence-corrected chi connectivity index (χ3v) is 5.24. The smallest absolute Gasteiger partial charge is 0.230 e. The van der Waals surface area contributed by atoms with Crippen molar-refractivity contribution in [3.63, 3.8) is 0 Å². The Morgan fingerprint density at radius 3 is 2.79 bits per heavy atom. The first kappa shape index (κ1) is 16.7. The molecule has 2 atom stereocenters. The monoisotopic (exact) mass is 329 g/mol. The van der Waals surface area contributed by atoms with E-state index in [0.29, 0.717) is 0 Å². The second kappa shape index (κ2) is 6.79. The lowest BCUT2D eigenvalue weighted by Gasteiger charge is -2.37. The molecule has 0 aliphatic carbocycles. The summed E-state index contributed by atoms with van der Waals surface area (Å²) in [4.78, 5) is 15.3. The van der Waals surface area contributed by atoms with Gasteiger partial charge in [-0.1, -0.05) is 0 Å². The van der Waals surface area contributed by atoms with Crippen molar-refractivity contribution in [2.24, 2.45) is 7.05 Å². The van der Waals surface area contributed by atoms with Crippen LogP contribution in [0.2, 0.25) is 0 Å². The molecule has 3 heterocycles. The van der Waals surface area contributed by atoms with Crippen molar-refractivity contribution in [2.75, 3.05) is 6.54 Å². The van der Waals surface area contributed by atoms with Gasteiger partial charge < -0.3 is 4.90 Å². The van der Waals surface area contributed by atoms with Crippen molar-refractivity contribution in [2.45, 2.75) is 58.5 Å². The van der Waals surface area contributed by atoms with E-state index in [1.165, 1.54) is 6.42 Å². The summed E-state index contributed by atoms with van der Waals surface area (Å²) >= 11 is 0. The maximum atomic E-state index is 13.2. The molecule has 0 saturated carbocycles. The van der Waals surface area contributed by atoms with Gasteiger partial charge in [-0.3, -0.25) is 14.2 Å². The van der Waals surface area contributed by atoms with Gasteiger partial charge in [-0.25, -0.2) is 0 Å². The summed E-state index contributed by atoms with van der Waals surface area (Å²) in [6.07, 6.45) is 7.06. The second-order valence-electron chi connectivity index (χ2n) is 6.84. The number of aryl methyl sites for hydroxylation is 2. The molecule has 0 N–H and O–H groups in total. The minimum Gasteiger partial charge on any atom is -0.337 e. The molecule has 1 saturated heterocycles. The van der Waals surface area contributed by atoms with Crippen LogP contribution in [0.3, 0.4) is 0 Å². The molecule has 0 spiro atoms. The van der Waals surface area contributed by atoms with Crippen LogP contribution in [0.5, 0.6) is 0 Å². The highest BCUT2D eigenvalue weighted by atomic mass is 16.2. The molecule has 1 aliphatic rings. The van der Waals surface area contributed by atoms with E-state index in [9.17, 15) is 4.79 Å². The van der Waals surface area contributed by atoms with Crippen LogP contribution >= 0.6 is 0 Å². The molecule has 2 aromatic rings. The first-order valence-electron chi connectivity index (χ1n) is 8.77. The number of hydrogen-bond donors (Lipinski definition) is 0. The van der Waals surface area contributed by atoms with Crippen LogP contribution in [0.1, 0.15) is 49.1 Å². The van der Waals surface area contributed by atoms with Gasteiger partial charge >= 0.3 is 0 Å². The molecule has 2 aromatic heterocycles. The van der Waals surface area contributed by atoms with Crippen molar-refractivity contribution in [1.29, 1.82) is 0 Å². The summed E-state index contributed by atoms with van der Waals surface area (Å²) < 4.78 is 3.80. The zero-order valence-corrected chi connectivity index (χ0v) is 15.1. The van der Waals surface area contributed by atoms with Crippen molar-refractivity contribution < 1.29 is 4.79 Å². The first-order valence-corrected chi connectivity index (χ1v) is 8.77. The zero-order chi connectivity index (χ0) is 17.3. The van der Waals surface area contributed by atoms with Crippen molar-refractivity contribution in [1.82, 2.24) is 24.5 Å². The Morgan fingerprint density at radius 1 is 1.38 bits per heavy atom. The normalized spacial score (nSPS) is 19.5. The van der Waals surface area contributed by atoms with Crippen LogP contribution in [0.4, 0.5) is 0 Å². The molecule has 1 fully saturated rings. The number of likely N-dealkylation sites (tertiary alicyclic amines) is 1. The van der Waals surface area contributed by atoms with Crippen LogP contribution in [0.25, 0.3) is 0 Å². The summed E-state index contributed by atoms with van der Waals surface area (Å²) in [7, 11) is 1.93. The molecule has 0 radical (unpaired) electrons. The zero-order valence-electron chi connectivity index (χ0n) is 15.1. The topological polar surface area (TPSA) is 56.0 Å². The molecule has 0 bridgehead atoms. The third kappa shape index (κ3) is 3.09. The third-order valence-electron chi connectivity index (χ3n) is 5.24. The Hall–Kier alpha value is -2.11. The van der Waals surface area contributed by atoms with E-state index in [-0.39, 0.29) is 17.9 Å². The standard InChI is InChI=1S/C18H27N5O/c1-13(17-14(2)20-21(4)15(17)3)18(24)23-11-6-5-8-16(23)12-22-10-7-9-19-22/h7,9-10,13,16H,5-6,8,11-12H2,1-4H3/t13-,16-/m0/s1. The molecule has 6 nitrogen and oxygen atoms in total. The lowest BCUT2D eigenvalue weighted by molar-refractivity contribution is -0.136. The number of rotatable bonds is 4. The predicted molar refractivity (Wildman–Crippen MR) is 92.7 cm³/mol. The maximum Gasteiger partial charge on any atom is 0.230 e. The number of piperidine rings is 1. The van der Waals surface area contributed by atoms with E-state index >= 15 is 0 Å². The maximum absolute atomic E-state index is 13.2. The van der Waals surface area contributed by atoms with Crippen molar-refractivity contribution in [3.05, 3.63) is 35.4 Å². The summed E-state index contributed by atoms with van der Waals surface area (Å²) in [6.45, 7) is 7.66. The minimum atomic E-state index is -0.156. The summed E-state index contributed by atoms with van der Waals surface area (Å²) in [5.41, 5.74) is 3.11. The molecular formula is C18H27N5O. The van der Waals surface area contributed by atoms with Crippen LogP contribution in [0.15, 0.2) is 18.5 Å². The van der Waals surface area contributed by atoms with E-state index < -0.39 is 0 Å². The van der Waals surface area contributed by atoms with E-state index in [1.807, 2.05) is 49.4 Å². The molecule has 1 amide bonds. The first-order chi connectivity index (χ1) is 11.5. The van der Waals surface area contributed by atoms with Gasteiger partial charge in [-0.2, -0.15) is 10.2 Å². The fourth-order valence-corrected chi connectivity index (χ4v) is 3.89. The Balaban J connectivity index is 1.80. The summed E-state index contributed by atoms with van der Waals surface area (Å²) in [5, 5.41) is 8.77. The highest BCUT2D eigenvalue weighted by Gasteiger charge is 2.32. The van der Waals surface area contributed by atoms with Gasteiger partial charge in [0.1, 0.15) is 0 Å². The number of carbonyl (C=O) groups is 1. The highest BCUT2D eigenvalue weighted by molar-refractivity contribution is 5.84. The lowest BCUT2D eigenvalue weighted by atomic mass is 9.94. The lowest BCUT2D eigenvalue weighted by Crippen LogP contribution is -2.47. The number of carbonyl (C=O) groups excluding carboxylic acids is 1.